The van der Waals surface area contributed by atoms with Crippen LogP contribution in [0.25, 0.3) is 10.9 Å². The Balaban J connectivity index is 2.12. The predicted octanol–water partition coefficient (Wildman–Crippen LogP) is 3.53. The average Bonchev–Trinajstić information content (AvgIpc) is 3.04. The zero-order valence-electron chi connectivity index (χ0n) is 14.6. The van der Waals surface area contributed by atoms with E-state index in [2.05, 4.69) is 4.98 Å². The maximum Gasteiger partial charge on any atom is 0.417 e. The molecule has 7 nitrogen and oxygen atoms in total. The number of H-pyrrole nitrogens is 1. The summed E-state index contributed by atoms with van der Waals surface area (Å²) in [5.41, 5.74) is 10.2. The van der Waals surface area contributed by atoms with Gasteiger partial charge in [-0.25, -0.2) is 0 Å². The van der Waals surface area contributed by atoms with Crippen LogP contribution in [-0.4, -0.2) is 28.8 Å². The number of carbonyl (C=O) groups excluding carboxylic acids is 1. The number of para-hydroxylation sites is 2. The van der Waals surface area contributed by atoms with Crippen LogP contribution in [0, 0.1) is 5.41 Å². The van der Waals surface area contributed by atoms with E-state index in [4.69, 9.17) is 21.6 Å². The van der Waals surface area contributed by atoms with Crippen LogP contribution < -0.4 is 16.2 Å². The van der Waals surface area contributed by atoms with Crippen LogP contribution in [0.5, 0.6) is 11.5 Å². The number of hydrogen-bond acceptors (Lipinski definition) is 4. The number of hydrogen-bond donors (Lipinski definition) is 4. The summed E-state index contributed by atoms with van der Waals surface area (Å²) >= 11 is 0. The molecule has 0 spiro atoms. The lowest BCUT2D eigenvalue weighted by molar-refractivity contribution is -0.136. The van der Waals surface area contributed by atoms with E-state index in [0.717, 1.165) is 17.0 Å². The molecule has 0 aliphatic heterocycles. The first-order valence-electron chi connectivity index (χ1n) is 7.96. The first-order valence-corrected chi connectivity index (χ1v) is 7.96. The Morgan fingerprint density at radius 1 is 1.21 bits per heavy atom. The van der Waals surface area contributed by atoms with Gasteiger partial charge in [-0.1, -0.05) is 12.1 Å². The molecule has 1 aromatic heterocycles. The van der Waals surface area contributed by atoms with Crippen LogP contribution in [0.3, 0.4) is 0 Å². The Bertz CT molecular complexity index is 1070. The highest BCUT2D eigenvalue weighted by atomic mass is 19.4. The van der Waals surface area contributed by atoms with Crippen LogP contribution in [0.1, 0.15) is 16.1 Å². The molecule has 0 bridgehead atoms. The molecule has 0 atom stereocenters. The molecular weight excluding hydrogens is 375 g/mol. The Morgan fingerprint density at radius 3 is 2.50 bits per heavy atom. The minimum absolute atomic E-state index is 0.0413. The maximum absolute atomic E-state index is 13.6. The number of carbonyl (C=O) groups is 1. The van der Waals surface area contributed by atoms with Gasteiger partial charge in [-0.05, 0) is 24.3 Å². The van der Waals surface area contributed by atoms with E-state index >= 15 is 0 Å². The van der Waals surface area contributed by atoms with E-state index in [1.807, 2.05) is 0 Å². The number of aromatic nitrogens is 1. The summed E-state index contributed by atoms with van der Waals surface area (Å²) in [7, 11) is 1.24. The number of alkyl halides is 3. The van der Waals surface area contributed by atoms with E-state index in [-0.39, 0.29) is 33.8 Å². The number of amides is 1. The first kappa shape index (κ1) is 19.1. The van der Waals surface area contributed by atoms with Crippen LogP contribution in [0.4, 0.5) is 18.9 Å². The van der Waals surface area contributed by atoms with Crippen molar-refractivity contribution in [3.8, 4) is 11.5 Å². The van der Waals surface area contributed by atoms with Crippen molar-refractivity contribution in [2.45, 2.75) is 6.18 Å². The van der Waals surface area contributed by atoms with Gasteiger partial charge in [0.25, 0.3) is 5.91 Å². The van der Waals surface area contributed by atoms with Crippen molar-refractivity contribution >= 4 is 28.5 Å². The molecule has 0 radical (unpaired) electrons. The Labute approximate surface area is 157 Å². The molecule has 3 aromatic rings. The number of ether oxygens (including phenoxy) is 1. The second kappa shape index (κ2) is 6.80. The van der Waals surface area contributed by atoms with E-state index in [9.17, 15) is 18.0 Å². The third-order valence-electron chi connectivity index (χ3n) is 4.06. The van der Waals surface area contributed by atoms with Crippen molar-refractivity contribution < 1.29 is 22.7 Å². The standard InChI is InChI=1S/C18H16F3N5O2/c1-26(17(23)24)16(27)14-8-10-11(18(19,20)21)6-9(7-13(10)25-14)28-15-5-3-2-4-12(15)22/h2-8,25H,22H2,1H3,(H3,23,24). The molecule has 28 heavy (non-hydrogen) atoms. The monoisotopic (exact) mass is 391 g/mol. The fourth-order valence-corrected chi connectivity index (χ4v) is 2.61. The van der Waals surface area contributed by atoms with Gasteiger partial charge in [-0.3, -0.25) is 15.1 Å². The summed E-state index contributed by atoms with van der Waals surface area (Å²) in [5.74, 6) is -1.18. The van der Waals surface area contributed by atoms with Gasteiger partial charge in [0.15, 0.2) is 5.96 Å². The molecule has 0 unspecified atom stereocenters. The van der Waals surface area contributed by atoms with Gasteiger partial charge in [0, 0.05) is 18.5 Å². The highest BCUT2D eigenvalue weighted by Gasteiger charge is 2.34. The van der Waals surface area contributed by atoms with Gasteiger partial charge in [0.2, 0.25) is 0 Å². The molecule has 0 saturated carbocycles. The van der Waals surface area contributed by atoms with E-state index in [1.165, 1.54) is 19.2 Å². The van der Waals surface area contributed by atoms with Crippen molar-refractivity contribution in [3.05, 3.63) is 53.7 Å². The van der Waals surface area contributed by atoms with E-state index in [0.29, 0.717) is 0 Å². The van der Waals surface area contributed by atoms with Gasteiger partial charge < -0.3 is 21.2 Å². The zero-order valence-corrected chi connectivity index (χ0v) is 14.6. The van der Waals surface area contributed by atoms with Crippen LogP contribution in [0.15, 0.2) is 42.5 Å². The third-order valence-corrected chi connectivity index (χ3v) is 4.06. The molecule has 1 heterocycles. The van der Waals surface area contributed by atoms with Crippen LogP contribution >= 0.6 is 0 Å². The second-order valence-corrected chi connectivity index (χ2v) is 6.00. The normalized spacial score (nSPS) is 11.4. The number of anilines is 1. The molecule has 10 heteroatoms. The summed E-state index contributed by atoms with van der Waals surface area (Å²) in [6.07, 6.45) is -4.69. The Kier molecular flexibility index (Phi) is 4.63. The van der Waals surface area contributed by atoms with E-state index < -0.39 is 23.6 Å². The number of nitrogens with zero attached hydrogens (tertiary/aromatic N) is 1. The topological polar surface area (TPSA) is 121 Å². The van der Waals surface area contributed by atoms with Crippen LogP contribution in [0.2, 0.25) is 0 Å². The summed E-state index contributed by atoms with van der Waals surface area (Å²) in [6, 6.07) is 9.63. The molecule has 0 aliphatic carbocycles. The Hall–Kier alpha value is -3.69. The summed E-state index contributed by atoms with van der Waals surface area (Å²) in [4.78, 5) is 15.7. The van der Waals surface area contributed by atoms with Crippen molar-refractivity contribution in [2.75, 3.05) is 12.8 Å². The fourth-order valence-electron chi connectivity index (χ4n) is 2.61. The molecule has 3 rings (SSSR count). The number of halogens is 3. The smallest absolute Gasteiger partial charge is 0.417 e. The number of nitrogens with one attached hydrogen (secondary N) is 2. The maximum atomic E-state index is 13.6. The molecule has 0 aliphatic rings. The number of nitrogen functional groups attached to an aromatic ring is 1. The largest absolute Gasteiger partial charge is 0.455 e. The highest BCUT2D eigenvalue weighted by Crippen LogP contribution is 2.39. The molecular formula is C18H16F3N5O2. The van der Waals surface area contributed by atoms with Gasteiger partial charge in [0.1, 0.15) is 17.2 Å². The minimum Gasteiger partial charge on any atom is -0.455 e. The molecule has 146 valence electrons. The molecule has 6 N–H and O–H groups in total. The van der Waals surface area contributed by atoms with Gasteiger partial charge in [0.05, 0.1) is 16.8 Å². The number of fused-ring (bicyclic) bond motifs is 1. The second-order valence-electron chi connectivity index (χ2n) is 6.00. The minimum atomic E-state index is -4.69. The SMILES string of the molecule is CN(C(=N)N)C(=O)c1cc2c(C(F)(F)F)cc(Oc3ccccc3N)cc2[nH]1. The zero-order chi connectivity index (χ0) is 20.6. The summed E-state index contributed by atoms with van der Waals surface area (Å²) < 4.78 is 46.2. The number of aromatic amines is 1. The predicted molar refractivity (Wildman–Crippen MR) is 98.2 cm³/mol. The van der Waals surface area contributed by atoms with Crippen molar-refractivity contribution in [2.24, 2.45) is 5.73 Å². The number of nitrogens with two attached hydrogens (primary N) is 2. The lowest BCUT2D eigenvalue weighted by Gasteiger charge is -2.12. The Morgan fingerprint density at radius 2 is 1.89 bits per heavy atom. The molecule has 1 amide bonds. The molecule has 0 saturated heterocycles. The highest BCUT2D eigenvalue weighted by molar-refractivity contribution is 6.06. The quantitative estimate of drug-likeness (QED) is 0.310. The number of benzene rings is 2. The van der Waals surface area contributed by atoms with Crippen LogP contribution in [-0.2, 0) is 6.18 Å². The van der Waals surface area contributed by atoms with Crippen molar-refractivity contribution in [3.63, 3.8) is 0 Å². The number of guanidine groups is 1. The third kappa shape index (κ3) is 3.56. The van der Waals surface area contributed by atoms with Gasteiger partial charge in [-0.2, -0.15) is 13.2 Å². The van der Waals surface area contributed by atoms with Crippen molar-refractivity contribution in [1.29, 1.82) is 5.41 Å². The lowest BCUT2D eigenvalue weighted by atomic mass is 10.1. The van der Waals surface area contributed by atoms with E-state index in [1.54, 1.807) is 18.2 Å². The average molecular weight is 391 g/mol. The summed E-state index contributed by atoms with van der Waals surface area (Å²) in [5, 5.41) is 7.09. The van der Waals surface area contributed by atoms with Crippen molar-refractivity contribution in [1.82, 2.24) is 9.88 Å². The molecule has 0 fully saturated rings. The first-order chi connectivity index (χ1) is 13.1. The van der Waals surface area contributed by atoms with Gasteiger partial charge >= 0.3 is 6.18 Å². The van der Waals surface area contributed by atoms with Gasteiger partial charge in [-0.15, -0.1) is 0 Å². The fraction of sp³-hybridized carbons (Fsp3) is 0.111. The number of rotatable bonds is 3. The summed E-state index contributed by atoms with van der Waals surface area (Å²) in [6.45, 7) is 0. The molecule has 2 aromatic carbocycles. The lowest BCUT2D eigenvalue weighted by Crippen LogP contribution is -2.38.